The van der Waals surface area contributed by atoms with Crippen LogP contribution in [0.25, 0.3) is 10.9 Å². The summed E-state index contributed by atoms with van der Waals surface area (Å²) in [5, 5.41) is 13.7. The van der Waals surface area contributed by atoms with E-state index in [9.17, 15) is 9.90 Å². The van der Waals surface area contributed by atoms with E-state index >= 15 is 0 Å². The maximum atomic E-state index is 12.2. The van der Waals surface area contributed by atoms with Gasteiger partial charge >= 0.3 is 0 Å². The van der Waals surface area contributed by atoms with Crippen molar-refractivity contribution in [1.82, 2.24) is 14.8 Å². The van der Waals surface area contributed by atoms with E-state index in [2.05, 4.69) is 23.7 Å². The van der Waals surface area contributed by atoms with Crippen LogP contribution in [0.1, 0.15) is 21.6 Å². The summed E-state index contributed by atoms with van der Waals surface area (Å²) >= 11 is 0. The van der Waals surface area contributed by atoms with Crippen molar-refractivity contribution in [2.45, 2.75) is 20.0 Å². The van der Waals surface area contributed by atoms with Gasteiger partial charge < -0.3 is 19.9 Å². The maximum Gasteiger partial charge on any atom is 0.251 e. The Kier molecular flexibility index (Phi) is 4.88. The lowest BCUT2D eigenvalue weighted by molar-refractivity contribution is 0.0892. The molecule has 1 heterocycles. The maximum absolute atomic E-state index is 12.2. The summed E-state index contributed by atoms with van der Waals surface area (Å²) in [5.41, 5.74) is 4.14. The number of rotatable bonds is 5. The first-order chi connectivity index (χ1) is 10.3. The second-order valence-corrected chi connectivity index (χ2v) is 6.13. The fraction of sp³-hybridized carbons (Fsp3) is 0.471. The number of likely N-dealkylation sites (N-methyl/N-ethyl adjacent to an activating group) is 1. The zero-order valence-electron chi connectivity index (χ0n) is 14.0. The predicted molar refractivity (Wildman–Crippen MR) is 89.3 cm³/mol. The third-order valence-electron chi connectivity index (χ3n) is 4.14. The predicted octanol–water partition coefficient (Wildman–Crippen LogP) is 1.45. The molecule has 1 aromatic carbocycles. The zero-order chi connectivity index (χ0) is 16.4. The van der Waals surface area contributed by atoms with Gasteiger partial charge in [0.25, 0.3) is 5.91 Å². The summed E-state index contributed by atoms with van der Waals surface area (Å²) in [6.45, 7) is 4.92. The van der Waals surface area contributed by atoms with Crippen molar-refractivity contribution in [3.63, 3.8) is 0 Å². The number of aliphatic hydroxyl groups excluding tert-OH is 1. The smallest absolute Gasteiger partial charge is 0.251 e. The van der Waals surface area contributed by atoms with Crippen molar-refractivity contribution < 1.29 is 9.90 Å². The number of aryl methyl sites for hydroxylation is 2. The van der Waals surface area contributed by atoms with Crippen molar-refractivity contribution in [2.75, 3.05) is 27.2 Å². The second-order valence-electron chi connectivity index (χ2n) is 6.13. The molecule has 0 radical (unpaired) electrons. The molecule has 5 heteroatoms. The first-order valence-electron chi connectivity index (χ1n) is 7.48. The minimum atomic E-state index is -0.566. The van der Waals surface area contributed by atoms with Gasteiger partial charge in [0, 0.05) is 42.3 Å². The van der Waals surface area contributed by atoms with E-state index in [-0.39, 0.29) is 12.5 Å². The number of aromatic nitrogens is 1. The molecule has 0 spiro atoms. The molecule has 0 aliphatic carbocycles. The lowest BCUT2D eigenvalue weighted by Crippen LogP contribution is -2.37. The third kappa shape index (κ3) is 3.31. The lowest BCUT2D eigenvalue weighted by Gasteiger charge is -2.16. The molecule has 120 valence electrons. The van der Waals surface area contributed by atoms with Crippen LogP contribution in [0.4, 0.5) is 0 Å². The van der Waals surface area contributed by atoms with Gasteiger partial charge in [0.2, 0.25) is 0 Å². The van der Waals surface area contributed by atoms with Gasteiger partial charge in [-0.15, -0.1) is 0 Å². The van der Waals surface area contributed by atoms with Crippen LogP contribution in [-0.4, -0.2) is 53.8 Å². The van der Waals surface area contributed by atoms with Gasteiger partial charge in [-0.3, -0.25) is 4.79 Å². The molecule has 2 rings (SSSR count). The molecule has 0 aliphatic rings. The second kappa shape index (κ2) is 6.50. The fourth-order valence-electron chi connectivity index (χ4n) is 2.70. The standard InChI is InChI=1S/C17H25N3O2/c1-11-12(2)20(5)16-7-6-13(8-15(11)16)17(22)18-9-14(21)10-19(3)4/h6-8,14,21H,9-10H2,1-5H3,(H,18,22). The SMILES string of the molecule is Cc1c(C)n(C)c2ccc(C(=O)NCC(O)CN(C)C)cc12. The van der Waals surface area contributed by atoms with Crippen LogP contribution in [0.15, 0.2) is 18.2 Å². The molecular formula is C17H25N3O2. The highest BCUT2D eigenvalue weighted by atomic mass is 16.3. The normalized spacial score (nSPS) is 12.9. The monoisotopic (exact) mass is 303 g/mol. The topological polar surface area (TPSA) is 57.5 Å². The van der Waals surface area contributed by atoms with Crippen molar-refractivity contribution in [3.05, 3.63) is 35.0 Å². The summed E-state index contributed by atoms with van der Waals surface area (Å²) in [7, 11) is 5.81. The van der Waals surface area contributed by atoms with E-state index in [1.807, 2.05) is 44.2 Å². The fourth-order valence-corrected chi connectivity index (χ4v) is 2.70. The number of carbonyl (C=O) groups excluding carboxylic acids is 1. The Bertz CT molecular complexity index is 689. The quantitative estimate of drug-likeness (QED) is 0.879. The van der Waals surface area contributed by atoms with Crippen molar-refractivity contribution >= 4 is 16.8 Å². The van der Waals surface area contributed by atoms with Crippen LogP contribution in [0.5, 0.6) is 0 Å². The number of nitrogens with one attached hydrogen (secondary N) is 1. The summed E-state index contributed by atoms with van der Waals surface area (Å²) in [6, 6.07) is 5.72. The van der Waals surface area contributed by atoms with Gasteiger partial charge in [-0.1, -0.05) is 0 Å². The number of benzene rings is 1. The molecule has 0 saturated heterocycles. The zero-order valence-corrected chi connectivity index (χ0v) is 14.0. The number of carbonyl (C=O) groups is 1. The molecule has 0 fully saturated rings. The molecule has 0 bridgehead atoms. The van der Waals surface area contributed by atoms with Crippen molar-refractivity contribution in [1.29, 1.82) is 0 Å². The van der Waals surface area contributed by atoms with Crippen molar-refractivity contribution in [3.8, 4) is 0 Å². The first-order valence-corrected chi connectivity index (χ1v) is 7.48. The van der Waals surface area contributed by atoms with E-state index in [1.165, 1.54) is 11.3 Å². The summed E-state index contributed by atoms with van der Waals surface area (Å²) < 4.78 is 2.13. The van der Waals surface area contributed by atoms with Crippen LogP contribution >= 0.6 is 0 Å². The van der Waals surface area contributed by atoms with E-state index in [0.29, 0.717) is 12.1 Å². The molecule has 5 nitrogen and oxygen atoms in total. The molecule has 1 atom stereocenters. The number of hydrogen-bond acceptors (Lipinski definition) is 3. The van der Waals surface area contributed by atoms with Crippen LogP contribution in [0, 0.1) is 13.8 Å². The van der Waals surface area contributed by atoms with Crippen LogP contribution in [0.2, 0.25) is 0 Å². The highest BCUT2D eigenvalue weighted by Crippen LogP contribution is 2.25. The van der Waals surface area contributed by atoms with Gasteiger partial charge in [-0.2, -0.15) is 0 Å². The van der Waals surface area contributed by atoms with Crippen LogP contribution in [-0.2, 0) is 7.05 Å². The molecule has 22 heavy (non-hydrogen) atoms. The van der Waals surface area contributed by atoms with Gasteiger partial charge in [0.05, 0.1) is 6.10 Å². The van der Waals surface area contributed by atoms with Gasteiger partial charge in [0.15, 0.2) is 0 Å². The van der Waals surface area contributed by atoms with Crippen molar-refractivity contribution in [2.24, 2.45) is 7.05 Å². The average Bonchev–Trinajstić information content (AvgIpc) is 2.68. The van der Waals surface area contributed by atoms with Gasteiger partial charge in [-0.25, -0.2) is 0 Å². The number of aliphatic hydroxyl groups is 1. The minimum absolute atomic E-state index is 0.152. The molecule has 0 saturated carbocycles. The molecule has 1 amide bonds. The lowest BCUT2D eigenvalue weighted by atomic mass is 10.1. The minimum Gasteiger partial charge on any atom is -0.390 e. The Hall–Kier alpha value is -1.85. The van der Waals surface area contributed by atoms with E-state index in [0.717, 1.165) is 10.9 Å². The molecule has 1 aromatic heterocycles. The summed E-state index contributed by atoms with van der Waals surface area (Å²) in [4.78, 5) is 14.1. The molecular weight excluding hydrogens is 278 g/mol. The number of amides is 1. The Morgan fingerprint density at radius 3 is 2.68 bits per heavy atom. The van der Waals surface area contributed by atoms with E-state index < -0.39 is 6.10 Å². The Balaban J connectivity index is 2.14. The molecule has 0 aliphatic heterocycles. The first kappa shape index (κ1) is 16.5. The molecule has 2 N–H and O–H groups in total. The Morgan fingerprint density at radius 1 is 1.36 bits per heavy atom. The Morgan fingerprint density at radius 2 is 2.05 bits per heavy atom. The average molecular weight is 303 g/mol. The van der Waals surface area contributed by atoms with E-state index in [4.69, 9.17) is 0 Å². The van der Waals surface area contributed by atoms with Crippen LogP contribution in [0.3, 0.4) is 0 Å². The molecule has 1 unspecified atom stereocenters. The number of fused-ring (bicyclic) bond motifs is 1. The summed E-state index contributed by atoms with van der Waals surface area (Å²) in [6.07, 6.45) is -0.566. The highest BCUT2D eigenvalue weighted by molar-refractivity contribution is 5.99. The Labute approximate surface area is 131 Å². The largest absolute Gasteiger partial charge is 0.390 e. The number of nitrogens with zero attached hydrogens (tertiary/aromatic N) is 2. The third-order valence-corrected chi connectivity index (χ3v) is 4.14. The number of hydrogen-bond donors (Lipinski definition) is 2. The van der Waals surface area contributed by atoms with Gasteiger partial charge in [-0.05, 0) is 51.7 Å². The summed E-state index contributed by atoms with van der Waals surface area (Å²) in [5.74, 6) is -0.152. The highest BCUT2D eigenvalue weighted by Gasteiger charge is 2.13. The van der Waals surface area contributed by atoms with Gasteiger partial charge in [0.1, 0.15) is 0 Å². The van der Waals surface area contributed by atoms with Crippen LogP contribution < -0.4 is 5.32 Å². The van der Waals surface area contributed by atoms with E-state index in [1.54, 1.807) is 0 Å². The molecule has 2 aromatic rings.